The molecule has 1 heterocycles. The summed E-state index contributed by atoms with van der Waals surface area (Å²) in [7, 11) is 0. The summed E-state index contributed by atoms with van der Waals surface area (Å²) in [6.07, 6.45) is 8.43. The molecule has 0 atom stereocenters. The lowest BCUT2D eigenvalue weighted by Crippen LogP contribution is -2.06. The van der Waals surface area contributed by atoms with Gasteiger partial charge in [-0.1, -0.05) is 24.3 Å². The molecule has 0 spiro atoms. The number of rotatable bonds is 5. The first-order valence-corrected chi connectivity index (χ1v) is 7.39. The zero-order chi connectivity index (χ0) is 15.9. The quantitative estimate of drug-likeness (QED) is 0.666. The lowest BCUT2D eigenvalue weighted by molar-refractivity contribution is -0.111. The van der Waals surface area contributed by atoms with Crippen molar-refractivity contribution in [3.63, 3.8) is 0 Å². The van der Waals surface area contributed by atoms with Crippen molar-refractivity contribution in [1.82, 2.24) is 4.98 Å². The molecule has 0 radical (unpaired) electrons. The fourth-order valence-corrected chi connectivity index (χ4v) is 2.54. The first-order chi connectivity index (χ1) is 10.6. The first kappa shape index (κ1) is 16.0. The van der Waals surface area contributed by atoms with Crippen molar-refractivity contribution in [1.29, 1.82) is 0 Å². The zero-order valence-electron chi connectivity index (χ0n) is 11.8. The molecule has 1 aromatic heterocycles. The van der Waals surface area contributed by atoms with Gasteiger partial charge in [0, 0.05) is 29.6 Å². The van der Waals surface area contributed by atoms with Gasteiger partial charge < -0.3 is 0 Å². The van der Waals surface area contributed by atoms with E-state index in [1.54, 1.807) is 18.3 Å². The molecule has 0 saturated heterocycles. The number of amides is 1. The molecule has 0 unspecified atom stereocenters. The second-order valence-electron chi connectivity index (χ2n) is 4.42. The van der Waals surface area contributed by atoms with Gasteiger partial charge >= 0.3 is 0 Å². The van der Waals surface area contributed by atoms with Crippen molar-refractivity contribution in [2.75, 3.05) is 5.32 Å². The van der Waals surface area contributed by atoms with Crippen molar-refractivity contribution in [3.8, 4) is 0 Å². The topological polar surface area (TPSA) is 42.0 Å². The summed E-state index contributed by atoms with van der Waals surface area (Å²) in [5.74, 6) is -1.48. The summed E-state index contributed by atoms with van der Waals surface area (Å²) in [4.78, 5) is 16.4. The van der Waals surface area contributed by atoms with E-state index < -0.39 is 11.6 Å². The van der Waals surface area contributed by atoms with Crippen molar-refractivity contribution in [2.45, 2.75) is 13.3 Å². The predicted molar refractivity (Wildman–Crippen MR) is 83.9 cm³/mol. The highest BCUT2D eigenvalue weighted by molar-refractivity contribution is 7.15. The molecule has 2 aromatic rings. The van der Waals surface area contributed by atoms with Crippen molar-refractivity contribution < 1.29 is 13.6 Å². The Bertz CT molecular complexity index is 723. The molecular formula is C16H14F2N2OS. The van der Waals surface area contributed by atoms with Crippen LogP contribution in [-0.2, 0) is 11.2 Å². The third-order valence-corrected chi connectivity index (χ3v) is 3.63. The van der Waals surface area contributed by atoms with Gasteiger partial charge in [0.1, 0.15) is 11.6 Å². The van der Waals surface area contributed by atoms with Gasteiger partial charge in [0.05, 0.1) is 0 Å². The number of carbonyl (C=O) groups excluding carboxylic acids is 1. The highest BCUT2D eigenvalue weighted by Crippen LogP contribution is 2.22. The Morgan fingerprint density at radius 3 is 2.91 bits per heavy atom. The van der Waals surface area contributed by atoms with E-state index in [0.29, 0.717) is 17.1 Å². The molecule has 114 valence electrons. The van der Waals surface area contributed by atoms with Crippen LogP contribution in [0.5, 0.6) is 0 Å². The Morgan fingerprint density at radius 2 is 2.18 bits per heavy atom. The maximum Gasteiger partial charge on any atom is 0.250 e. The number of benzene rings is 1. The van der Waals surface area contributed by atoms with E-state index in [0.717, 1.165) is 10.9 Å². The summed E-state index contributed by atoms with van der Waals surface area (Å²) in [6.45, 7) is 1.85. The molecule has 1 amide bonds. The van der Waals surface area contributed by atoms with E-state index in [9.17, 15) is 13.6 Å². The monoisotopic (exact) mass is 320 g/mol. The number of halogens is 2. The molecule has 1 aromatic carbocycles. The third kappa shape index (κ3) is 4.60. The SMILES string of the molecule is C/C=C/C=C/C(=O)Nc1ncc(Cc2ccc(F)cc2F)s1. The largest absolute Gasteiger partial charge is 0.298 e. The zero-order valence-corrected chi connectivity index (χ0v) is 12.7. The number of hydrogen-bond donors (Lipinski definition) is 1. The Balaban J connectivity index is 2.01. The maximum absolute atomic E-state index is 13.6. The van der Waals surface area contributed by atoms with Crippen LogP contribution in [0.15, 0.2) is 48.7 Å². The number of thiazole rings is 1. The average molecular weight is 320 g/mol. The molecule has 6 heteroatoms. The minimum absolute atomic E-state index is 0.285. The Labute approximate surface area is 131 Å². The Kier molecular flexibility index (Phi) is 5.55. The van der Waals surface area contributed by atoms with E-state index in [1.807, 2.05) is 13.0 Å². The second-order valence-corrected chi connectivity index (χ2v) is 5.53. The number of aromatic nitrogens is 1. The number of allylic oxidation sites excluding steroid dienone is 3. The van der Waals surface area contributed by atoms with Gasteiger partial charge in [-0.3, -0.25) is 10.1 Å². The lowest BCUT2D eigenvalue weighted by atomic mass is 10.1. The van der Waals surface area contributed by atoms with Crippen molar-refractivity contribution in [2.24, 2.45) is 0 Å². The van der Waals surface area contributed by atoms with Crippen LogP contribution in [0.2, 0.25) is 0 Å². The van der Waals surface area contributed by atoms with Gasteiger partial charge in [-0.05, 0) is 18.6 Å². The van der Waals surface area contributed by atoms with E-state index in [-0.39, 0.29) is 5.91 Å². The fraction of sp³-hybridized carbons (Fsp3) is 0.125. The molecule has 0 saturated carbocycles. The molecule has 0 aliphatic heterocycles. The number of carbonyl (C=O) groups is 1. The highest BCUT2D eigenvalue weighted by atomic mass is 32.1. The molecule has 0 aliphatic carbocycles. The molecule has 0 fully saturated rings. The summed E-state index contributed by atoms with van der Waals surface area (Å²) < 4.78 is 26.4. The minimum Gasteiger partial charge on any atom is -0.298 e. The third-order valence-electron chi connectivity index (χ3n) is 2.71. The number of nitrogens with one attached hydrogen (secondary N) is 1. The standard InChI is InChI=1S/C16H14F2N2OS/c1-2-3-4-5-15(21)20-16-19-10-13(22-16)8-11-6-7-12(17)9-14(11)18/h2-7,9-10H,8H2,1H3,(H,19,20,21)/b3-2+,5-4+. The van der Waals surface area contributed by atoms with Gasteiger partial charge in [-0.15, -0.1) is 11.3 Å². The minimum atomic E-state index is -0.605. The van der Waals surface area contributed by atoms with E-state index in [2.05, 4.69) is 10.3 Å². The Morgan fingerprint density at radius 1 is 1.36 bits per heavy atom. The van der Waals surface area contributed by atoms with Gasteiger partial charge in [0.2, 0.25) is 5.91 Å². The highest BCUT2D eigenvalue weighted by Gasteiger charge is 2.09. The van der Waals surface area contributed by atoms with E-state index >= 15 is 0 Å². The van der Waals surface area contributed by atoms with Crippen LogP contribution in [0.4, 0.5) is 13.9 Å². The number of hydrogen-bond acceptors (Lipinski definition) is 3. The van der Waals surface area contributed by atoms with Gasteiger partial charge in [0.15, 0.2) is 5.13 Å². The predicted octanol–water partition coefficient (Wildman–Crippen LogP) is 4.08. The molecule has 1 N–H and O–H groups in total. The van der Waals surface area contributed by atoms with Gasteiger partial charge in [-0.2, -0.15) is 0 Å². The smallest absolute Gasteiger partial charge is 0.250 e. The van der Waals surface area contributed by atoms with Crippen LogP contribution in [0.25, 0.3) is 0 Å². The summed E-state index contributed by atoms with van der Waals surface area (Å²) in [5.41, 5.74) is 0.385. The summed E-state index contributed by atoms with van der Waals surface area (Å²) in [6, 6.07) is 3.47. The van der Waals surface area contributed by atoms with Gasteiger partial charge in [-0.25, -0.2) is 13.8 Å². The van der Waals surface area contributed by atoms with Crippen LogP contribution < -0.4 is 5.32 Å². The fourth-order valence-electron chi connectivity index (χ4n) is 1.70. The normalized spacial score (nSPS) is 11.4. The van der Waals surface area contributed by atoms with Crippen LogP contribution in [0.3, 0.4) is 0 Å². The summed E-state index contributed by atoms with van der Waals surface area (Å²) in [5, 5.41) is 3.06. The van der Waals surface area contributed by atoms with Crippen LogP contribution >= 0.6 is 11.3 Å². The van der Waals surface area contributed by atoms with Crippen LogP contribution in [-0.4, -0.2) is 10.9 Å². The molecule has 22 heavy (non-hydrogen) atoms. The van der Waals surface area contributed by atoms with Crippen molar-refractivity contribution in [3.05, 3.63) is 70.8 Å². The maximum atomic E-state index is 13.6. The number of anilines is 1. The average Bonchev–Trinajstić information content (AvgIpc) is 2.89. The van der Waals surface area contributed by atoms with E-state index in [4.69, 9.17) is 0 Å². The van der Waals surface area contributed by atoms with Crippen LogP contribution in [0.1, 0.15) is 17.4 Å². The Hall–Kier alpha value is -2.34. The molecular weight excluding hydrogens is 306 g/mol. The molecule has 3 nitrogen and oxygen atoms in total. The summed E-state index contributed by atoms with van der Waals surface area (Å²) >= 11 is 1.25. The number of nitrogens with zero attached hydrogens (tertiary/aromatic N) is 1. The molecule has 0 bridgehead atoms. The molecule has 0 aliphatic rings. The first-order valence-electron chi connectivity index (χ1n) is 6.57. The second kappa shape index (κ2) is 7.61. The lowest BCUT2D eigenvalue weighted by Gasteiger charge is -2.00. The van der Waals surface area contributed by atoms with Crippen molar-refractivity contribution >= 4 is 22.4 Å². The molecule has 2 rings (SSSR count). The van der Waals surface area contributed by atoms with E-state index in [1.165, 1.54) is 29.5 Å². The van der Waals surface area contributed by atoms with Crippen LogP contribution in [0, 0.1) is 11.6 Å². The van der Waals surface area contributed by atoms with Gasteiger partial charge in [0.25, 0.3) is 0 Å².